The zero-order chi connectivity index (χ0) is 9.54. The van der Waals surface area contributed by atoms with Crippen molar-refractivity contribution in [1.82, 2.24) is 5.32 Å². The number of rotatable bonds is 4. The van der Waals surface area contributed by atoms with Crippen LogP contribution in [0.4, 0.5) is 0 Å². The van der Waals surface area contributed by atoms with Crippen LogP contribution in [0.1, 0.15) is 51.9 Å². The van der Waals surface area contributed by atoms with Gasteiger partial charge in [-0.05, 0) is 50.4 Å². The van der Waals surface area contributed by atoms with Gasteiger partial charge in [0.05, 0.1) is 0 Å². The second-order valence-electron chi connectivity index (χ2n) is 6.03. The molecule has 2 bridgehead atoms. The number of fused-ring (bicyclic) bond motifs is 2. The minimum absolute atomic E-state index is 0.784. The van der Waals surface area contributed by atoms with Gasteiger partial charge in [-0.15, -0.1) is 0 Å². The fourth-order valence-corrected chi connectivity index (χ4v) is 3.74. The molecule has 1 nitrogen and oxygen atoms in total. The molecule has 4 unspecified atom stereocenters. The molecule has 1 N–H and O–H groups in total. The van der Waals surface area contributed by atoms with Crippen molar-refractivity contribution >= 4 is 0 Å². The Bertz CT molecular complexity index is 209. The second kappa shape index (κ2) is 3.52. The summed E-state index contributed by atoms with van der Waals surface area (Å²) in [6.07, 6.45) is 10.5. The van der Waals surface area contributed by atoms with Crippen molar-refractivity contribution in [1.29, 1.82) is 0 Å². The molecule has 0 amide bonds. The molecule has 0 aromatic rings. The molecule has 1 heteroatoms. The predicted octanol–water partition coefficient (Wildman–Crippen LogP) is 2.95. The van der Waals surface area contributed by atoms with Crippen LogP contribution >= 0.6 is 0 Å². The summed E-state index contributed by atoms with van der Waals surface area (Å²) in [5.41, 5.74) is 0. The monoisotopic (exact) mass is 193 g/mol. The summed E-state index contributed by atoms with van der Waals surface area (Å²) in [5, 5.41) is 3.88. The highest BCUT2D eigenvalue weighted by Gasteiger charge is 2.39. The van der Waals surface area contributed by atoms with Crippen LogP contribution in [0, 0.1) is 17.8 Å². The van der Waals surface area contributed by atoms with E-state index in [4.69, 9.17) is 0 Å². The van der Waals surface area contributed by atoms with Crippen LogP contribution in [-0.4, -0.2) is 12.1 Å². The molecule has 0 radical (unpaired) electrons. The highest BCUT2D eigenvalue weighted by Crippen LogP contribution is 2.44. The Morgan fingerprint density at radius 3 is 2.57 bits per heavy atom. The van der Waals surface area contributed by atoms with Crippen LogP contribution in [0.5, 0.6) is 0 Å². The molecular formula is C13H23N. The van der Waals surface area contributed by atoms with E-state index in [-0.39, 0.29) is 0 Å². The van der Waals surface area contributed by atoms with E-state index in [0.717, 1.165) is 29.8 Å². The Kier molecular flexibility index (Phi) is 2.31. The summed E-state index contributed by atoms with van der Waals surface area (Å²) in [7, 11) is 0. The first-order chi connectivity index (χ1) is 6.81. The van der Waals surface area contributed by atoms with E-state index in [2.05, 4.69) is 12.2 Å². The predicted molar refractivity (Wildman–Crippen MR) is 59.2 cm³/mol. The smallest absolute Gasteiger partial charge is 0.0100 e. The maximum Gasteiger partial charge on any atom is 0.0100 e. The van der Waals surface area contributed by atoms with E-state index in [0.29, 0.717) is 0 Å². The van der Waals surface area contributed by atoms with Gasteiger partial charge in [-0.25, -0.2) is 0 Å². The summed E-state index contributed by atoms with van der Waals surface area (Å²) < 4.78 is 0. The van der Waals surface area contributed by atoms with Crippen LogP contribution < -0.4 is 5.32 Å². The third-order valence-electron chi connectivity index (χ3n) is 4.62. The fraction of sp³-hybridized carbons (Fsp3) is 1.00. The van der Waals surface area contributed by atoms with Crippen LogP contribution in [0.15, 0.2) is 0 Å². The molecule has 0 aliphatic heterocycles. The third-order valence-corrected chi connectivity index (χ3v) is 4.62. The van der Waals surface area contributed by atoms with Gasteiger partial charge in [0.1, 0.15) is 0 Å². The van der Waals surface area contributed by atoms with Crippen LogP contribution in [0.25, 0.3) is 0 Å². The Morgan fingerprint density at radius 2 is 2.00 bits per heavy atom. The van der Waals surface area contributed by atoms with Crippen molar-refractivity contribution in [3.05, 3.63) is 0 Å². The topological polar surface area (TPSA) is 12.0 Å². The van der Waals surface area contributed by atoms with Gasteiger partial charge in [-0.3, -0.25) is 0 Å². The van der Waals surface area contributed by atoms with E-state index in [1.807, 2.05) is 0 Å². The quantitative estimate of drug-likeness (QED) is 0.724. The third kappa shape index (κ3) is 1.84. The standard InChI is InChI=1S/C13H23N/c1-9(6-10-2-3-10)14-13-8-11-4-5-12(13)7-11/h9-14H,2-8H2,1H3. The minimum Gasteiger partial charge on any atom is -0.311 e. The highest BCUT2D eigenvalue weighted by atomic mass is 15.0. The highest BCUT2D eigenvalue weighted by molar-refractivity contribution is 4.95. The van der Waals surface area contributed by atoms with E-state index in [1.165, 1.54) is 44.9 Å². The van der Waals surface area contributed by atoms with Crippen molar-refractivity contribution in [2.75, 3.05) is 0 Å². The van der Waals surface area contributed by atoms with Crippen LogP contribution in [0.2, 0.25) is 0 Å². The van der Waals surface area contributed by atoms with Crippen molar-refractivity contribution in [2.45, 2.75) is 64.0 Å². The van der Waals surface area contributed by atoms with Crippen LogP contribution in [-0.2, 0) is 0 Å². The summed E-state index contributed by atoms with van der Waals surface area (Å²) in [5.74, 6) is 3.21. The van der Waals surface area contributed by atoms with Gasteiger partial charge >= 0.3 is 0 Å². The van der Waals surface area contributed by atoms with Gasteiger partial charge < -0.3 is 5.32 Å². The maximum absolute atomic E-state index is 3.88. The molecule has 0 heterocycles. The normalized spacial score (nSPS) is 43.1. The molecule has 4 atom stereocenters. The summed E-state index contributed by atoms with van der Waals surface area (Å²) in [6, 6.07) is 1.68. The lowest BCUT2D eigenvalue weighted by Gasteiger charge is -2.26. The average molecular weight is 193 g/mol. The lowest BCUT2D eigenvalue weighted by Crippen LogP contribution is -2.40. The molecule has 3 fully saturated rings. The summed E-state index contributed by atoms with van der Waals surface area (Å²) >= 11 is 0. The van der Waals surface area contributed by atoms with Gasteiger partial charge in [0.15, 0.2) is 0 Å². The molecule has 3 rings (SSSR count). The first-order valence-corrected chi connectivity index (χ1v) is 6.57. The Hall–Kier alpha value is -0.0400. The zero-order valence-corrected chi connectivity index (χ0v) is 9.34. The Morgan fingerprint density at radius 1 is 1.14 bits per heavy atom. The van der Waals surface area contributed by atoms with Crippen molar-refractivity contribution in [2.24, 2.45) is 17.8 Å². The van der Waals surface area contributed by atoms with Crippen LogP contribution in [0.3, 0.4) is 0 Å². The molecule has 0 aromatic carbocycles. The zero-order valence-electron chi connectivity index (χ0n) is 9.34. The van der Waals surface area contributed by atoms with Gasteiger partial charge in [0, 0.05) is 12.1 Å². The Labute approximate surface area is 87.7 Å². The summed E-state index contributed by atoms with van der Waals surface area (Å²) in [4.78, 5) is 0. The molecule has 3 aliphatic rings. The van der Waals surface area contributed by atoms with Gasteiger partial charge in [0.25, 0.3) is 0 Å². The first kappa shape index (κ1) is 9.21. The Balaban J connectivity index is 1.47. The average Bonchev–Trinajstić information content (AvgIpc) is 2.74. The van der Waals surface area contributed by atoms with Crippen molar-refractivity contribution in [3.8, 4) is 0 Å². The molecule has 0 spiro atoms. The fourth-order valence-electron chi connectivity index (χ4n) is 3.74. The molecule has 0 saturated heterocycles. The molecule has 14 heavy (non-hydrogen) atoms. The van der Waals surface area contributed by atoms with E-state index in [1.54, 1.807) is 0 Å². The van der Waals surface area contributed by atoms with Gasteiger partial charge in [-0.1, -0.05) is 19.3 Å². The van der Waals surface area contributed by atoms with E-state index in [9.17, 15) is 0 Å². The van der Waals surface area contributed by atoms with Gasteiger partial charge in [-0.2, -0.15) is 0 Å². The molecule has 3 saturated carbocycles. The molecule has 0 aromatic heterocycles. The molecule has 3 aliphatic carbocycles. The largest absolute Gasteiger partial charge is 0.311 e. The number of hydrogen-bond acceptors (Lipinski definition) is 1. The summed E-state index contributed by atoms with van der Waals surface area (Å²) in [6.45, 7) is 2.39. The number of nitrogens with one attached hydrogen (secondary N) is 1. The van der Waals surface area contributed by atoms with E-state index < -0.39 is 0 Å². The SMILES string of the molecule is CC(CC1CC1)NC1CC2CCC1C2. The minimum atomic E-state index is 0.784. The second-order valence-corrected chi connectivity index (χ2v) is 6.03. The van der Waals surface area contributed by atoms with E-state index >= 15 is 0 Å². The maximum atomic E-state index is 3.88. The first-order valence-electron chi connectivity index (χ1n) is 6.57. The molecular weight excluding hydrogens is 170 g/mol. The number of hydrogen-bond donors (Lipinski definition) is 1. The lowest BCUT2D eigenvalue weighted by molar-refractivity contribution is 0.313. The van der Waals surface area contributed by atoms with Crippen molar-refractivity contribution in [3.63, 3.8) is 0 Å². The van der Waals surface area contributed by atoms with Gasteiger partial charge in [0.2, 0.25) is 0 Å². The molecule has 80 valence electrons. The van der Waals surface area contributed by atoms with Crippen molar-refractivity contribution < 1.29 is 0 Å². The lowest BCUT2D eigenvalue weighted by atomic mass is 9.94.